The van der Waals surface area contributed by atoms with E-state index >= 15 is 0 Å². The molecule has 0 aromatic heterocycles. The molecule has 0 aliphatic carbocycles. The van der Waals surface area contributed by atoms with Gasteiger partial charge in [-0.1, -0.05) is 0 Å². The van der Waals surface area contributed by atoms with E-state index in [1.807, 2.05) is 48.5 Å². The van der Waals surface area contributed by atoms with Crippen LogP contribution in [0.25, 0.3) is 0 Å². The third-order valence-electron chi connectivity index (χ3n) is 1.96. The van der Waals surface area contributed by atoms with Gasteiger partial charge in [0.05, 0.1) is 12.2 Å². The van der Waals surface area contributed by atoms with Gasteiger partial charge >= 0.3 is 0 Å². The van der Waals surface area contributed by atoms with Gasteiger partial charge < -0.3 is 10.1 Å². The molecule has 0 unspecified atom stereocenters. The Morgan fingerprint density at radius 3 is 2.06 bits per heavy atom. The quantitative estimate of drug-likeness (QED) is 0.774. The van der Waals surface area contributed by atoms with E-state index in [9.17, 15) is 4.79 Å². The number of rotatable bonds is 5. The zero-order valence-corrected chi connectivity index (χ0v) is 12.3. The minimum atomic E-state index is -0.311. The van der Waals surface area contributed by atoms with Gasteiger partial charge in [0.25, 0.3) is 0 Å². The normalized spacial score (nSPS) is 14.5. The minimum absolute atomic E-state index is 0.00771. The summed E-state index contributed by atoms with van der Waals surface area (Å²) in [7, 11) is 0. The minimum Gasteiger partial charge on any atom is -0.374 e. The highest BCUT2D eigenvalue weighted by Gasteiger charge is 2.25. The Morgan fingerprint density at radius 2 is 1.71 bits per heavy atom. The number of carbonyl (C=O) groups excluding carboxylic acids is 1. The first kappa shape index (κ1) is 16.4. The SMILES string of the molecule is CCNC(=O)[C@H](COC(C)(C)C)NC(C)(C)C. The first-order valence-electron chi connectivity index (χ1n) is 6.24. The molecular weight excluding hydrogens is 216 g/mol. The lowest BCUT2D eigenvalue weighted by Crippen LogP contribution is -2.54. The van der Waals surface area contributed by atoms with Crippen molar-refractivity contribution in [3.8, 4) is 0 Å². The Morgan fingerprint density at radius 1 is 1.18 bits per heavy atom. The van der Waals surface area contributed by atoms with Gasteiger partial charge in [0.15, 0.2) is 0 Å². The topological polar surface area (TPSA) is 50.4 Å². The van der Waals surface area contributed by atoms with Gasteiger partial charge in [-0.05, 0) is 48.5 Å². The summed E-state index contributed by atoms with van der Waals surface area (Å²) < 4.78 is 5.68. The molecule has 0 heterocycles. The number of nitrogens with one attached hydrogen (secondary N) is 2. The standard InChI is InChI=1S/C13H28N2O2/c1-8-14-11(16)10(15-12(2,3)4)9-17-13(5,6)7/h10,15H,8-9H2,1-7H3,(H,14,16)/t10-/m0/s1. The molecule has 17 heavy (non-hydrogen) atoms. The monoisotopic (exact) mass is 244 g/mol. The van der Waals surface area contributed by atoms with Crippen LogP contribution in [-0.2, 0) is 9.53 Å². The molecule has 2 N–H and O–H groups in total. The van der Waals surface area contributed by atoms with Crippen LogP contribution in [-0.4, -0.2) is 36.2 Å². The van der Waals surface area contributed by atoms with Crippen molar-refractivity contribution >= 4 is 5.91 Å². The lowest BCUT2D eigenvalue weighted by molar-refractivity contribution is -0.126. The molecule has 0 rings (SSSR count). The molecule has 0 saturated carbocycles. The Hall–Kier alpha value is -0.610. The van der Waals surface area contributed by atoms with Gasteiger partial charge in [-0.2, -0.15) is 0 Å². The van der Waals surface area contributed by atoms with E-state index in [0.29, 0.717) is 13.2 Å². The van der Waals surface area contributed by atoms with Crippen molar-refractivity contribution < 1.29 is 9.53 Å². The van der Waals surface area contributed by atoms with Gasteiger partial charge in [0.2, 0.25) is 5.91 Å². The van der Waals surface area contributed by atoms with Crippen LogP contribution in [0.2, 0.25) is 0 Å². The van der Waals surface area contributed by atoms with E-state index in [2.05, 4.69) is 10.6 Å². The highest BCUT2D eigenvalue weighted by Crippen LogP contribution is 2.09. The van der Waals surface area contributed by atoms with Gasteiger partial charge in [-0.25, -0.2) is 0 Å². The summed E-state index contributed by atoms with van der Waals surface area (Å²) in [4.78, 5) is 11.9. The lowest BCUT2D eigenvalue weighted by atomic mass is 10.1. The third-order valence-corrected chi connectivity index (χ3v) is 1.96. The van der Waals surface area contributed by atoms with Crippen LogP contribution in [0.4, 0.5) is 0 Å². The summed E-state index contributed by atoms with van der Waals surface area (Å²) in [6.45, 7) is 15.0. The van der Waals surface area contributed by atoms with Crippen molar-refractivity contribution in [2.24, 2.45) is 0 Å². The number of hydrogen-bond acceptors (Lipinski definition) is 3. The first-order valence-corrected chi connectivity index (χ1v) is 6.24. The Kier molecular flexibility index (Phi) is 6.13. The molecule has 0 bridgehead atoms. The van der Waals surface area contributed by atoms with Crippen LogP contribution in [0.15, 0.2) is 0 Å². The van der Waals surface area contributed by atoms with Crippen molar-refractivity contribution in [3.63, 3.8) is 0 Å². The fraction of sp³-hybridized carbons (Fsp3) is 0.923. The van der Waals surface area contributed by atoms with Crippen LogP contribution >= 0.6 is 0 Å². The van der Waals surface area contributed by atoms with Crippen LogP contribution in [0.1, 0.15) is 48.5 Å². The number of hydrogen-bond donors (Lipinski definition) is 2. The van der Waals surface area contributed by atoms with E-state index in [0.717, 1.165) is 0 Å². The second-order valence-corrected chi connectivity index (χ2v) is 6.26. The summed E-state index contributed by atoms with van der Waals surface area (Å²) in [6.07, 6.45) is 0. The maximum atomic E-state index is 11.9. The van der Waals surface area contributed by atoms with Crippen molar-refractivity contribution in [1.82, 2.24) is 10.6 Å². The van der Waals surface area contributed by atoms with Gasteiger partial charge in [-0.3, -0.25) is 10.1 Å². The largest absolute Gasteiger partial charge is 0.374 e. The van der Waals surface area contributed by atoms with E-state index in [1.54, 1.807) is 0 Å². The number of ether oxygens (including phenoxy) is 1. The molecule has 0 aliphatic rings. The Bertz CT molecular complexity index is 239. The molecule has 0 radical (unpaired) electrons. The van der Waals surface area contributed by atoms with Crippen LogP contribution < -0.4 is 10.6 Å². The van der Waals surface area contributed by atoms with Gasteiger partial charge in [0.1, 0.15) is 6.04 Å². The highest BCUT2D eigenvalue weighted by atomic mass is 16.5. The summed E-state index contributed by atoms with van der Waals surface area (Å²) >= 11 is 0. The fourth-order valence-electron chi connectivity index (χ4n) is 1.34. The highest BCUT2D eigenvalue weighted by molar-refractivity contribution is 5.81. The second-order valence-electron chi connectivity index (χ2n) is 6.26. The zero-order valence-electron chi connectivity index (χ0n) is 12.3. The number of carbonyl (C=O) groups is 1. The maximum Gasteiger partial charge on any atom is 0.239 e. The first-order chi connectivity index (χ1) is 7.55. The number of likely N-dealkylation sites (N-methyl/N-ethyl adjacent to an activating group) is 1. The van der Waals surface area contributed by atoms with E-state index in [1.165, 1.54) is 0 Å². The molecular formula is C13H28N2O2. The lowest BCUT2D eigenvalue weighted by Gasteiger charge is -2.30. The summed E-state index contributed by atoms with van der Waals surface area (Å²) in [6, 6.07) is -0.311. The second kappa shape index (κ2) is 6.36. The Labute approximate surface area is 105 Å². The van der Waals surface area contributed by atoms with Crippen molar-refractivity contribution in [2.75, 3.05) is 13.2 Å². The molecule has 0 aliphatic heterocycles. The molecule has 0 fully saturated rings. The molecule has 102 valence electrons. The predicted molar refractivity (Wildman–Crippen MR) is 71.1 cm³/mol. The van der Waals surface area contributed by atoms with E-state index < -0.39 is 0 Å². The molecule has 0 saturated heterocycles. The molecule has 0 spiro atoms. The van der Waals surface area contributed by atoms with Crippen molar-refractivity contribution in [2.45, 2.75) is 65.6 Å². The zero-order chi connectivity index (χ0) is 13.7. The average molecular weight is 244 g/mol. The van der Waals surface area contributed by atoms with Gasteiger partial charge in [-0.15, -0.1) is 0 Å². The van der Waals surface area contributed by atoms with Crippen LogP contribution in [0, 0.1) is 0 Å². The molecule has 1 amide bonds. The van der Waals surface area contributed by atoms with Gasteiger partial charge in [0, 0.05) is 12.1 Å². The Balaban J connectivity index is 4.46. The maximum absolute atomic E-state index is 11.9. The molecule has 4 heteroatoms. The molecule has 0 aromatic carbocycles. The molecule has 4 nitrogen and oxygen atoms in total. The smallest absolute Gasteiger partial charge is 0.239 e. The fourth-order valence-corrected chi connectivity index (χ4v) is 1.34. The van der Waals surface area contributed by atoms with Crippen LogP contribution in [0.3, 0.4) is 0 Å². The average Bonchev–Trinajstić information content (AvgIpc) is 2.09. The predicted octanol–water partition coefficient (Wildman–Crippen LogP) is 1.69. The van der Waals surface area contributed by atoms with E-state index in [-0.39, 0.29) is 23.1 Å². The summed E-state index contributed by atoms with van der Waals surface area (Å²) in [5.74, 6) is -0.00771. The van der Waals surface area contributed by atoms with E-state index in [4.69, 9.17) is 4.74 Å². The van der Waals surface area contributed by atoms with Crippen molar-refractivity contribution in [1.29, 1.82) is 0 Å². The number of amides is 1. The van der Waals surface area contributed by atoms with Crippen molar-refractivity contribution in [3.05, 3.63) is 0 Å². The van der Waals surface area contributed by atoms with Crippen LogP contribution in [0.5, 0.6) is 0 Å². The molecule has 0 aromatic rings. The summed E-state index contributed by atoms with van der Waals surface area (Å²) in [5, 5.41) is 6.10. The summed E-state index contributed by atoms with van der Waals surface area (Å²) in [5.41, 5.74) is -0.346. The third kappa shape index (κ3) is 9.12. The molecule has 1 atom stereocenters.